The first-order valence-corrected chi connectivity index (χ1v) is 17.0. The number of piperazine rings is 2. The molecule has 2 N–H and O–H groups in total. The highest BCUT2D eigenvalue weighted by molar-refractivity contribution is 7.20. The van der Waals surface area contributed by atoms with Gasteiger partial charge in [0.15, 0.2) is 0 Å². The van der Waals surface area contributed by atoms with E-state index in [2.05, 4.69) is 52.9 Å². The van der Waals surface area contributed by atoms with Crippen molar-refractivity contribution in [3.05, 3.63) is 78.3 Å². The van der Waals surface area contributed by atoms with Crippen LogP contribution >= 0.6 is 11.3 Å². The predicted octanol–water partition coefficient (Wildman–Crippen LogP) is 4.65. The van der Waals surface area contributed by atoms with E-state index in [1.165, 1.54) is 0 Å². The topological polar surface area (TPSA) is 141 Å². The molecule has 1 aromatic carbocycles. The maximum absolute atomic E-state index is 12.9. The highest BCUT2D eigenvalue weighted by Crippen LogP contribution is 2.46. The molecule has 1 saturated carbocycles. The summed E-state index contributed by atoms with van der Waals surface area (Å²) in [6.45, 7) is 5.87. The number of amides is 2. The van der Waals surface area contributed by atoms with Crippen molar-refractivity contribution in [3.8, 4) is 6.07 Å². The summed E-state index contributed by atoms with van der Waals surface area (Å²) in [7, 11) is 0. The van der Waals surface area contributed by atoms with Gasteiger partial charge in [0, 0.05) is 86.7 Å². The summed E-state index contributed by atoms with van der Waals surface area (Å²) in [6.07, 6.45) is 8.60. The number of nitrogens with one attached hydrogen (secondary N) is 2. The van der Waals surface area contributed by atoms with Gasteiger partial charge in [-0.25, -0.2) is 15.0 Å². The summed E-state index contributed by atoms with van der Waals surface area (Å²) in [5.74, 6) is 1.08. The minimum Gasteiger partial charge on any atom is -0.367 e. The fourth-order valence-electron chi connectivity index (χ4n) is 6.65. The summed E-state index contributed by atoms with van der Waals surface area (Å²) in [5.41, 5.74) is 2.18. The van der Waals surface area contributed by atoms with Crippen LogP contribution in [-0.4, -0.2) is 98.9 Å². The number of rotatable bonds is 4. The first-order valence-electron chi connectivity index (χ1n) is 16.2. The number of carbonyl (C=O) groups is 2. The van der Waals surface area contributed by atoms with E-state index in [4.69, 9.17) is 5.26 Å². The second-order valence-electron chi connectivity index (χ2n) is 12.4. The van der Waals surface area contributed by atoms with Crippen molar-refractivity contribution in [1.82, 2.24) is 34.7 Å². The zero-order valence-corrected chi connectivity index (χ0v) is 27.1. The molecule has 0 spiro atoms. The third-order valence-corrected chi connectivity index (χ3v) is 10.7. The van der Waals surface area contributed by atoms with Gasteiger partial charge < -0.3 is 29.6 Å². The lowest BCUT2D eigenvalue weighted by Crippen LogP contribution is -2.50. The van der Waals surface area contributed by atoms with Crippen LogP contribution in [0.15, 0.2) is 73.4 Å². The molecule has 7 heterocycles. The van der Waals surface area contributed by atoms with Crippen LogP contribution in [0.25, 0.3) is 32.2 Å². The number of benzene rings is 1. The molecule has 9 rings (SSSR count). The molecule has 0 bridgehead atoms. The number of pyridine rings is 1. The number of fused-ring (bicyclic) bond motifs is 3. The van der Waals surface area contributed by atoms with Crippen molar-refractivity contribution >= 4 is 66.8 Å². The molecular weight excluding hydrogens is 625 g/mol. The van der Waals surface area contributed by atoms with Gasteiger partial charge in [-0.05, 0) is 48.6 Å². The molecule has 3 aliphatic rings. The summed E-state index contributed by atoms with van der Waals surface area (Å²) in [5, 5.41) is 12.4. The van der Waals surface area contributed by atoms with E-state index in [9.17, 15) is 9.59 Å². The molecule has 242 valence electrons. The van der Waals surface area contributed by atoms with E-state index in [1.807, 2.05) is 58.6 Å². The normalized spacial score (nSPS) is 17.3. The molecule has 13 heteroatoms. The monoisotopic (exact) mass is 658 g/mol. The van der Waals surface area contributed by atoms with Crippen LogP contribution in [0.4, 0.5) is 11.5 Å². The van der Waals surface area contributed by atoms with Crippen molar-refractivity contribution in [2.24, 2.45) is 5.41 Å². The quantitative estimate of drug-likeness (QED) is 0.279. The molecular formula is C35H34N10O2S. The number of aromatic amines is 2. The minimum atomic E-state index is -0.702. The number of nitrogens with zero attached hydrogens (tertiary/aromatic N) is 8. The van der Waals surface area contributed by atoms with Gasteiger partial charge in [-0.2, -0.15) is 5.26 Å². The average molecular weight is 659 g/mol. The molecule has 0 atom stereocenters. The Morgan fingerprint density at radius 3 is 2.21 bits per heavy atom. The molecule has 12 nitrogen and oxygen atoms in total. The SMILES string of the molecule is N#CC1(C(=O)N2CCN(c3ccnc4[nH]ccc34)CC2)CC1.O=C(c1cc2ccccc2s1)N1CCN(c2ncnc3[nH]ccc23)CC1. The predicted molar refractivity (Wildman–Crippen MR) is 186 cm³/mol. The maximum atomic E-state index is 12.9. The van der Waals surface area contributed by atoms with Gasteiger partial charge in [0.2, 0.25) is 5.91 Å². The molecule has 0 unspecified atom stereocenters. The summed E-state index contributed by atoms with van der Waals surface area (Å²) in [4.78, 5) is 53.6. The van der Waals surface area contributed by atoms with Gasteiger partial charge in [-0.3, -0.25) is 9.59 Å². The maximum Gasteiger partial charge on any atom is 0.264 e. The van der Waals surface area contributed by atoms with Crippen molar-refractivity contribution in [2.75, 3.05) is 62.2 Å². The Morgan fingerprint density at radius 2 is 1.48 bits per heavy atom. The van der Waals surface area contributed by atoms with Gasteiger partial charge in [0.25, 0.3) is 5.91 Å². The molecule has 5 aromatic heterocycles. The van der Waals surface area contributed by atoms with Gasteiger partial charge in [0.1, 0.15) is 28.9 Å². The Kier molecular flexibility index (Phi) is 7.64. The van der Waals surface area contributed by atoms with E-state index >= 15 is 0 Å². The van der Waals surface area contributed by atoms with Crippen LogP contribution in [-0.2, 0) is 4.79 Å². The summed E-state index contributed by atoms with van der Waals surface area (Å²) < 4.78 is 1.16. The Hall–Kier alpha value is -5.48. The van der Waals surface area contributed by atoms with E-state index < -0.39 is 5.41 Å². The van der Waals surface area contributed by atoms with Crippen LogP contribution < -0.4 is 9.80 Å². The second-order valence-corrected chi connectivity index (χ2v) is 13.5. The molecule has 2 saturated heterocycles. The lowest BCUT2D eigenvalue weighted by molar-refractivity contribution is -0.135. The van der Waals surface area contributed by atoms with E-state index in [1.54, 1.807) is 23.9 Å². The van der Waals surface area contributed by atoms with Crippen molar-refractivity contribution in [3.63, 3.8) is 0 Å². The Balaban J connectivity index is 0.000000142. The van der Waals surface area contributed by atoms with Crippen LogP contribution in [0.2, 0.25) is 0 Å². The van der Waals surface area contributed by atoms with E-state index in [-0.39, 0.29) is 11.8 Å². The standard InChI is InChI=1S/C19H17N5OS.C16H17N5O/c25-19(16-11-13-3-1-2-4-15(13)26-16)24-9-7-23(8-10-24)18-14-5-6-20-17(14)21-12-22-18;17-11-16(3-4-16)15(22)21-9-7-20(8-10-21)13-2-6-19-14-12(13)1-5-18-14/h1-6,11-12H,7-10H2,(H,20,21,22);1-2,5-6H,3-4,7-10H2,(H,18,19). The first kappa shape index (κ1) is 29.9. The van der Waals surface area contributed by atoms with Gasteiger partial charge >= 0.3 is 0 Å². The zero-order valence-electron chi connectivity index (χ0n) is 26.3. The van der Waals surface area contributed by atoms with Crippen LogP contribution in [0, 0.1) is 16.7 Å². The first-order chi connectivity index (χ1) is 23.5. The summed E-state index contributed by atoms with van der Waals surface area (Å²) in [6, 6.07) is 18.4. The third-order valence-electron chi connectivity index (χ3n) is 9.55. The molecule has 2 aliphatic heterocycles. The fraction of sp³-hybridized carbons (Fsp3) is 0.314. The molecule has 0 radical (unpaired) electrons. The number of nitriles is 1. The number of hydrogen-bond acceptors (Lipinski definition) is 9. The Morgan fingerprint density at radius 1 is 0.792 bits per heavy atom. The summed E-state index contributed by atoms with van der Waals surface area (Å²) >= 11 is 1.57. The van der Waals surface area contributed by atoms with Crippen molar-refractivity contribution < 1.29 is 9.59 Å². The molecule has 3 fully saturated rings. The molecule has 1 aliphatic carbocycles. The number of hydrogen-bond donors (Lipinski definition) is 2. The van der Waals surface area contributed by atoms with Gasteiger partial charge in [0.05, 0.1) is 16.3 Å². The fourth-order valence-corrected chi connectivity index (χ4v) is 7.68. The number of anilines is 2. The highest BCUT2D eigenvalue weighted by atomic mass is 32.1. The lowest BCUT2D eigenvalue weighted by Gasteiger charge is -2.37. The van der Waals surface area contributed by atoms with E-state index in [0.29, 0.717) is 26.2 Å². The third kappa shape index (κ3) is 5.47. The lowest BCUT2D eigenvalue weighted by atomic mass is 10.1. The van der Waals surface area contributed by atoms with Crippen LogP contribution in [0.3, 0.4) is 0 Å². The second kappa shape index (κ2) is 12.3. The number of thiophene rings is 1. The van der Waals surface area contributed by atoms with Gasteiger partial charge in [-0.1, -0.05) is 18.2 Å². The molecule has 2 amide bonds. The Bertz CT molecular complexity index is 2130. The largest absolute Gasteiger partial charge is 0.367 e. The van der Waals surface area contributed by atoms with Crippen molar-refractivity contribution in [1.29, 1.82) is 5.26 Å². The molecule has 48 heavy (non-hydrogen) atoms. The van der Waals surface area contributed by atoms with E-state index in [0.717, 1.165) is 87.6 Å². The molecule has 6 aromatic rings. The van der Waals surface area contributed by atoms with Gasteiger partial charge in [-0.15, -0.1) is 11.3 Å². The average Bonchev–Trinajstić information content (AvgIpc) is 3.47. The minimum absolute atomic E-state index is 0.0242. The smallest absolute Gasteiger partial charge is 0.264 e. The number of H-pyrrole nitrogens is 2. The highest BCUT2D eigenvalue weighted by Gasteiger charge is 2.52. The number of aromatic nitrogens is 5. The zero-order chi connectivity index (χ0) is 32.7. The Labute approximate surface area is 280 Å². The number of carbonyl (C=O) groups excluding carboxylic acids is 2. The van der Waals surface area contributed by atoms with Crippen LogP contribution in [0.1, 0.15) is 22.5 Å². The van der Waals surface area contributed by atoms with Crippen molar-refractivity contribution in [2.45, 2.75) is 12.8 Å². The van der Waals surface area contributed by atoms with Crippen LogP contribution in [0.5, 0.6) is 0 Å².